The molecule has 4 heteroatoms. The van der Waals surface area contributed by atoms with E-state index >= 15 is 0 Å². The van der Waals surface area contributed by atoms with Crippen LogP contribution in [-0.2, 0) is 11.3 Å². The van der Waals surface area contributed by atoms with Crippen LogP contribution < -0.4 is 5.73 Å². The number of carbonyl (C=O) groups is 1. The lowest BCUT2D eigenvalue weighted by molar-refractivity contribution is -0.134. The van der Waals surface area contributed by atoms with Crippen molar-refractivity contribution in [3.05, 3.63) is 35.9 Å². The van der Waals surface area contributed by atoms with Crippen LogP contribution in [0, 0.1) is 5.92 Å². The van der Waals surface area contributed by atoms with E-state index in [4.69, 9.17) is 5.73 Å². The first-order valence-corrected chi connectivity index (χ1v) is 8.79. The minimum atomic E-state index is -0.415. The maximum atomic E-state index is 12.3. The fourth-order valence-corrected chi connectivity index (χ4v) is 3.38. The summed E-state index contributed by atoms with van der Waals surface area (Å²) >= 11 is 0. The molecule has 2 rings (SSSR count). The van der Waals surface area contributed by atoms with Gasteiger partial charge in [-0.05, 0) is 51.6 Å². The van der Waals surface area contributed by atoms with Gasteiger partial charge in [0.05, 0.1) is 6.04 Å². The predicted octanol–water partition coefficient (Wildman–Crippen LogP) is 2.48. The maximum absolute atomic E-state index is 12.3. The molecule has 0 spiro atoms. The zero-order chi connectivity index (χ0) is 16.8. The van der Waals surface area contributed by atoms with Gasteiger partial charge in [-0.25, -0.2) is 0 Å². The van der Waals surface area contributed by atoms with Gasteiger partial charge < -0.3 is 10.6 Å². The Labute approximate surface area is 140 Å². The number of hydrogen-bond donors (Lipinski definition) is 1. The summed E-state index contributed by atoms with van der Waals surface area (Å²) in [7, 11) is 0. The quantitative estimate of drug-likeness (QED) is 0.877. The van der Waals surface area contributed by atoms with Crippen LogP contribution in [0.5, 0.6) is 0 Å². The van der Waals surface area contributed by atoms with Crippen molar-refractivity contribution in [3.63, 3.8) is 0 Å². The third-order valence-electron chi connectivity index (χ3n) is 4.60. The van der Waals surface area contributed by atoms with Crippen molar-refractivity contribution < 1.29 is 4.79 Å². The Hall–Kier alpha value is -1.39. The number of hydrogen-bond acceptors (Lipinski definition) is 3. The summed E-state index contributed by atoms with van der Waals surface area (Å²) in [4.78, 5) is 16.8. The first kappa shape index (κ1) is 18.0. The van der Waals surface area contributed by atoms with Crippen molar-refractivity contribution in [1.82, 2.24) is 9.80 Å². The monoisotopic (exact) mass is 317 g/mol. The Kier molecular flexibility index (Phi) is 6.60. The first-order chi connectivity index (χ1) is 11.0. The van der Waals surface area contributed by atoms with E-state index in [2.05, 4.69) is 49.1 Å². The highest BCUT2D eigenvalue weighted by atomic mass is 16.2. The van der Waals surface area contributed by atoms with E-state index in [0.29, 0.717) is 5.92 Å². The molecule has 1 saturated heterocycles. The summed E-state index contributed by atoms with van der Waals surface area (Å²) in [5, 5.41) is 0. The van der Waals surface area contributed by atoms with E-state index in [9.17, 15) is 4.79 Å². The minimum Gasteiger partial charge on any atom is -0.339 e. The number of rotatable bonds is 6. The molecule has 0 aliphatic carbocycles. The zero-order valence-corrected chi connectivity index (χ0v) is 14.7. The van der Waals surface area contributed by atoms with Gasteiger partial charge in [-0.3, -0.25) is 9.69 Å². The lowest BCUT2D eigenvalue weighted by Crippen LogP contribution is -2.49. The fraction of sp³-hybridized carbons (Fsp3) is 0.632. The van der Waals surface area contributed by atoms with Crippen molar-refractivity contribution >= 4 is 5.91 Å². The molecule has 1 aromatic carbocycles. The summed E-state index contributed by atoms with van der Waals surface area (Å²) in [6.07, 6.45) is 2.40. The fourth-order valence-electron chi connectivity index (χ4n) is 3.38. The van der Waals surface area contributed by atoms with Gasteiger partial charge in [0.2, 0.25) is 5.91 Å². The molecule has 1 aliphatic rings. The van der Waals surface area contributed by atoms with Crippen molar-refractivity contribution in [1.29, 1.82) is 0 Å². The summed E-state index contributed by atoms with van der Waals surface area (Å²) in [5.74, 6) is 0.609. The molecule has 23 heavy (non-hydrogen) atoms. The summed E-state index contributed by atoms with van der Waals surface area (Å²) < 4.78 is 0. The van der Waals surface area contributed by atoms with Crippen molar-refractivity contribution in [3.8, 4) is 0 Å². The molecule has 1 amide bonds. The molecule has 4 nitrogen and oxygen atoms in total. The Morgan fingerprint density at radius 3 is 2.61 bits per heavy atom. The number of nitrogens with two attached hydrogens (primary N) is 1. The Morgan fingerprint density at radius 1 is 1.30 bits per heavy atom. The number of benzene rings is 1. The van der Waals surface area contributed by atoms with Crippen LogP contribution >= 0.6 is 0 Å². The average molecular weight is 317 g/mol. The molecule has 2 N–H and O–H groups in total. The largest absolute Gasteiger partial charge is 0.339 e. The lowest BCUT2D eigenvalue weighted by Gasteiger charge is -2.37. The summed E-state index contributed by atoms with van der Waals surface area (Å²) in [6.45, 7) is 9.96. The Balaban J connectivity index is 1.93. The molecular formula is C19H31N3O. The first-order valence-electron chi connectivity index (χ1n) is 8.79. The topological polar surface area (TPSA) is 49.6 Å². The summed E-state index contributed by atoms with van der Waals surface area (Å²) in [5.41, 5.74) is 7.17. The molecule has 1 aromatic rings. The number of piperidine rings is 1. The van der Waals surface area contributed by atoms with Gasteiger partial charge in [0, 0.05) is 25.7 Å². The van der Waals surface area contributed by atoms with E-state index < -0.39 is 6.04 Å². The molecule has 1 heterocycles. The van der Waals surface area contributed by atoms with E-state index in [0.717, 1.165) is 26.2 Å². The highest BCUT2D eigenvalue weighted by Gasteiger charge is 2.27. The average Bonchev–Trinajstić information content (AvgIpc) is 2.53. The molecule has 0 bridgehead atoms. The Bertz CT molecular complexity index is 487. The molecule has 0 saturated carbocycles. The summed E-state index contributed by atoms with van der Waals surface area (Å²) in [6, 6.07) is 10.4. The van der Waals surface area contributed by atoms with Crippen molar-refractivity contribution in [2.45, 2.75) is 52.2 Å². The van der Waals surface area contributed by atoms with Crippen LogP contribution in [0.3, 0.4) is 0 Å². The third kappa shape index (κ3) is 5.33. The van der Waals surface area contributed by atoms with E-state index in [1.165, 1.54) is 18.4 Å². The molecule has 128 valence electrons. The van der Waals surface area contributed by atoms with Crippen molar-refractivity contribution in [2.24, 2.45) is 11.7 Å². The number of nitrogens with zero attached hydrogens (tertiary/aromatic N) is 2. The van der Waals surface area contributed by atoms with Gasteiger partial charge in [-0.2, -0.15) is 0 Å². The second-order valence-electron chi connectivity index (χ2n) is 7.10. The second-order valence-corrected chi connectivity index (χ2v) is 7.10. The van der Waals surface area contributed by atoms with Gasteiger partial charge in [0.25, 0.3) is 0 Å². The van der Waals surface area contributed by atoms with Crippen LogP contribution in [0.25, 0.3) is 0 Å². The number of likely N-dealkylation sites (tertiary alicyclic amines) is 1. The van der Waals surface area contributed by atoms with Gasteiger partial charge >= 0.3 is 0 Å². The van der Waals surface area contributed by atoms with Crippen LogP contribution in [0.2, 0.25) is 0 Å². The van der Waals surface area contributed by atoms with Crippen LogP contribution in [0.4, 0.5) is 0 Å². The zero-order valence-electron chi connectivity index (χ0n) is 14.7. The van der Waals surface area contributed by atoms with Gasteiger partial charge in [0.1, 0.15) is 0 Å². The standard InChI is InChI=1S/C19H31N3O/c1-15(2)22(19(23)16(3)20)14-18-10-7-11-21(13-18)12-17-8-5-4-6-9-17/h4-6,8-9,15-16,18H,7,10-14,20H2,1-3H3/t16-,18-/m0/s1. The molecule has 1 aliphatic heterocycles. The van der Waals surface area contributed by atoms with Crippen molar-refractivity contribution in [2.75, 3.05) is 19.6 Å². The van der Waals surface area contributed by atoms with Gasteiger partial charge in [-0.15, -0.1) is 0 Å². The van der Waals surface area contributed by atoms with Crippen LogP contribution in [-0.4, -0.2) is 47.4 Å². The van der Waals surface area contributed by atoms with Crippen LogP contribution in [0.15, 0.2) is 30.3 Å². The number of amides is 1. The van der Waals surface area contributed by atoms with E-state index in [-0.39, 0.29) is 11.9 Å². The molecular weight excluding hydrogens is 286 g/mol. The minimum absolute atomic E-state index is 0.0696. The second kappa shape index (κ2) is 8.46. The predicted molar refractivity (Wildman–Crippen MR) is 94.9 cm³/mol. The molecule has 0 radical (unpaired) electrons. The highest BCUT2D eigenvalue weighted by molar-refractivity contribution is 5.81. The third-order valence-corrected chi connectivity index (χ3v) is 4.60. The maximum Gasteiger partial charge on any atom is 0.239 e. The SMILES string of the molecule is CC(C)N(C[C@H]1CCCN(Cc2ccccc2)C1)C(=O)[C@H](C)N. The van der Waals surface area contributed by atoms with Gasteiger partial charge in [0.15, 0.2) is 0 Å². The molecule has 0 unspecified atom stereocenters. The normalized spacial score (nSPS) is 20.5. The molecule has 0 aromatic heterocycles. The number of carbonyl (C=O) groups excluding carboxylic acids is 1. The molecule has 2 atom stereocenters. The van der Waals surface area contributed by atoms with E-state index in [1.807, 2.05) is 4.90 Å². The highest BCUT2D eigenvalue weighted by Crippen LogP contribution is 2.20. The van der Waals surface area contributed by atoms with Gasteiger partial charge in [-0.1, -0.05) is 30.3 Å². The molecule has 1 fully saturated rings. The lowest BCUT2D eigenvalue weighted by atomic mass is 9.96. The van der Waals surface area contributed by atoms with Crippen LogP contribution in [0.1, 0.15) is 39.2 Å². The Morgan fingerprint density at radius 2 is 2.00 bits per heavy atom. The smallest absolute Gasteiger partial charge is 0.239 e. The van der Waals surface area contributed by atoms with E-state index in [1.54, 1.807) is 6.92 Å².